The van der Waals surface area contributed by atoms with Gasteiger partial charge >= 0.3 is 0 Å². The summed E-state index contributed by atoms with van der Waals surface area (Å²) in [5, 5.41) is 10.3. The number of benzene rings is 3. The molecule has 1 saturated heterocycles. The van der Waals surface area contributed by atoms with Crippen molar-refractivity contribution in [1.82, 2.24) is 15.3 Å². The number of aromatic nitrogens is 2. The van der Waals surface area contributed by atoms with Crippen molar-refractivity contribution in [2.45, 2.75) is 12.8 Å². The van der Waals surface area contributed by atoms with Gasteiger partial charge in [0, 0.05) is 29.3 Å². The molecule has 194 valence electrons. The van der Waals surface area contributed by atoms with Gasteiger partial charge in [-0.05, 0) is 68.4 Å². The van der Waals surface area contributed by atoms with Crippen LogP contribution in [0.3, 0.4) is 0 Å². The summed E-state index contributed by atoms with van der Waals surface area (Å²) in [6.07, 6.45) is 4.91. The van der Waals surface area contributed by atoms with Crippen LogP contribution in [0.1, 0.15) is 12.8 Å². The summed E-state index contributed by atoms with van der Waals surface area (Å²) in [5.74, 6) is 3.05. The van der Waals surface area contributed by atoms with Crippen LogP contribution in [0.15, 0.2) is 78.6 Å². The van der Waals surface area contributed by atoms with Gasteiger partial charge in [-0.1, -0.05) is 11.6 Å². The average Bonchev–Trinajstić information content (AvgIpc) is 2.94. The summed E-state index contributed by atoms with van der Waals surface area (Å²) in [6, 6.07) is 18.6. The van der Waals surface area contributed by atoms with E-state index in [0.29, 0.717) is 34.3 Å². The van der Waals surface area contributed by atoms with Crippen molar-refractivity contribution in [3.8, 4) is 23.0 Å². The van der Waals surface area contributed by atoms with E-state index >= 15 is 0 Å². The van der Waals surface area contributed by atoms with Crippen LogP contribution in [-0.4, -0.2) is 43.2 Å². The highest BCUT2D eigenvalue weighted by atomic mass is 16.5. The van der Waals surface area contributed by atoms with Crippen LogP contribution in [0, 0.1) is 0 Å². The molecule has 0 spiro atoms. The van der Waals surface area contributed by atoms with Crippen molar-refractivity contribution in [1.29, 1.82) is 0 Å². The molecule has 1 amide bonds. The molecule has 1 aromatic heterocycles. The zero-order chi connectivity index (χ0) is 26.3. The van der Waals surface area contributed by atoms with Crippen molar-refractivity contribution in [3.63, 3.8) is 0 Å². The minimum Gasteiger partial charge on any atom is -0.497 e. The molecule has 0 radical (unpaired) electrons. The lowest BCUT2D eigenvalue weighted by Crippen LogP contribution is -2.24. The number of nitrogens with one attached hydrogen (secondary N) is 3. The van der Waals surface area contributed by atoms with Crippen molar-refractivity contribution >= 4 is 34.0 Å². The number of ether oxygens (including phenoxy) is 3. The maximum absolute atomic E-state index is 12.7. The number of piperidine rings is 1. The van der Waals surface area contributed by atoms with E-state index in [1.165, 1.54) is 6.33 Å². The van der Waals surface area contributed by atoms with Crippen LogP contribution < -0.4 is 30.2 Å². The number of amides is 1. The highest BCUT2D eigenvalue weighted by Crippen LogP contribution is 2.34. The second-order valence-electron chi connectivity index (χ2n) is 8.76. The van der Waals surface area contributed by atoms with Crippen molar-refractivity contribution in [2.75, 3.05) is 37.9 Å². The first-order valence-corrected chi connectivity index (χ1v) is 12.3. The Kier molecular flexibility index (Phi) is 7.65. The smallest absolute Gasteiger partial charge is 0.248 e. The van der Waals surface area contributed by atoms with E-state index in [4.69, 9.17) is 14.2 Å². The Bertz CT molecular complexity index is 1460. The number of hydrogen-bond acceptors (Lipinski definition) is 8. The lowest BCUT2D eigenvalue weighted by Gasteiger charge is -2.16. The fourth-order valence-corrected chi connectivity index (χ4v) is 4.24. The number of methoxy groups -OCH3 is 2. The summed E-state index contributed by atoms with van der Waals surface area (Å²) in [5.41, 5.74) is 3.19. The Morgan fingerprint density at radius 3 is 2.47 bits per heavy atom. The lowest BCUT2D eigenvalue weighted by molar-refractivity contribution is -0.112. The van der Waals surface area contributed by atoms with Crippen LogP contribution >= 0.6 is 0 Å². The van der Waals surface area contributed by atoms with Crippen molar-refractivity contribution in [3.05, 3.63) is 78.6 Å². The number of carbonyl (C=O) groups is 1. The van der Waals surface area contributed by atoms with Crippen LogP contribution in [0.5, 0.6) is 23.0 Å². The van der Waals surface area contributed by atoms with Gasteiger partial charge in [-0.25, -0.2) is 9.97 Å². The summed E-state index contributed by atoms with van der Waals surface area (Å²) >= 11 is 0. The number of nitrogens with zero attached hydrogens (tertiary/aromatic N) is 2. The Morgan fingerprint density at radius 1 is 0.921 bits per heavy atom. The molecule has 3 N–H and O–H groups in total. The fourth-order valence-electron chi connectivity index (χ4n) is 4.24. The number of anilines is 3. The molecule has 0 saturated carbocycles. The summed E-state index contributed by atoms with van der Waals surface area (Å²) in [7, 11) is 3.19. The van der Waals surface area contributed by atoms with Crippen molar-refractivity contribution < 1.29 is 19.0 Å². The van der Waals surface area contributed by atoms with E-state index in [-0.39, 0.29) is 5.91 Å². The maximum atomic E-state index is 12.7. The molecular formula is C29H29N5O4. The predicted molar refractivity (Wildman–Crippen MR) is 148 cm³/mol. The molecule has 1 aliphatic rings. The second kappa shape index (κ2) is 11.6. The third-order valence-electron chi connectivity index (χ3n) is 6.19. The molecule has 0 atom stereocenters. The lowest BCUT2D eigenvalue weighted by atomic mass is 10.1. The standard InChI is InChI=1S/C29H29N5O4/c1-36-22-4-3-5-23(15-22)38-21-8-6-20(7-9-21)33-29-24-16-26(27(37-2)17-25(24)31-18-32-29)34-28(35)14-19-10-12-30-13-11-19/h3-9,14-18,30H,10-13H2,1-2H3,(H,34,35)(H,31,32,33). The minimum atomic E-state index is -0.183. The molecule has 5 rings (SSSR count). The van der Waals surface area contributed by atoms with Gasteiger partial charge in [0.2, 0.25) is 5.91 Å². The van der Waals surface area contributed by atoms with Gasteiger partial charge in [-0.3, -0.25) is 4.79 Å². The third kappa shape index (κ3) is 6.01. The molecule has 3 aromatic carbocycles. The maximum Gasteiger partial charge on any atom is 0.248 e. The van der Waals surface area contributed by atoms with Crippen LogP contribution in [0.2, 0.25) is 0 Å². The number of rotatable bonds is 8. The van der Waals surface area contributed by atoms with Gasteiger partial charge in [-0.2, -0.15) is 0 Å². The Morgan fingerprint density at radius 2 is 1.71 bits per heavy atom. The molecule has 2 heterocycles. The zero-order valence-corrected chi connectivity index (χ0v) is 21.3. The Balaban J connectivity index is 1.35. The molecular weight excluding hydrogens is 482 g/mol. The first-order chi connectivity index (χ1) is 18.6. The average molecular weight is 512 g/mol. The van der Waals surface area contributed by atoms with E-state index in [9.17, 15) is 4.79 Å². The van der Waals surface area contributed by atoms with Gasteiger partial charge in [0.05, 0.1) is 25.4 Å². The molecule has 1 fully saturated rings. The number of hydrogen-bond donors (Lipinski definition) is 3. The summed E-state index contributed by atoms with van der Waals surface area (Å²) in [4.78, 5) is 21.6. The molecule has 38 heavy (non-hydrogen) atoms. The highest BCUT2D eigenvalue weighted by Gasteiger charge is 2.14. The van der Waals surface area contributed by atoms with Gasteiger partial charge in [0.1, 0.15) is 35.1 Å². The minimum absolute atomic E-state index is 0.183. The van der Waals surface area contributed by atoms with Gasteiger partial charge in [0.25, 0.3) is 0 Å². The first kappa shape index (κ1) is 25.0. The predicted octanol–water partition coefficient (Wildman–Crippen LogP) is 5.43. The van der Waals surface area contributed by atoms with E-state index in [1.54, 1.807) is 26.4 Å². The van der Waals surface area contributed by atoms with E-state index in [2.05, 4.69) is 25.9 Å². The summed E-state index contributed by atoms with van der Waals surface area (Å²) in [6.45, 7) is 1.78. The van der Waals surface area contributed by atoms with Gasteiger partial charge in [0.15, 0.2) is 0 Å². The summed E-state index contributed by atoms with van der Waals surface area (Å²) < 4.78 is 16.7. The molecule has 0 aliphatic carbocycles. The number of carbonyl (C=O) groups excluding carboxylic acids is 1. The van der Waals surface area contributed by atoms with E-state index in [1.807, 2.05) is 54.6 Å². The third-order valence-corrected chi connectivity index (χ3v) is 6.19. The van der Waals surface area contributed by atoms with Crippen LogP contribution in [0.25, 0.3) is 10.9 Å². The van der Waals surface area contributed by atoms with Crippen LogP contribution in [-0.2, 0) is 4.79 Å². The van der Waals surface area contributed by atoms with Crippen LogP contribution in [0.4, 0.5) is 17.2 Å². The Labute approximate surface area is 220 Å². The van der Waals surface area contributed by atoms with E-state index in [0.717, 1.165) is 48.3 Å². The highest BCUT2D eigenvalue weighted by molar-refractivity contribution is 6.04. The molecule has 0 bridgehead atoms. The normalized spacial score (nSPS) is 13.1. The first-order valence-electron chi connectivity index (χ1n) is 12.3. The van der Waals surface area contributed by atoms with E-state index < -0.39 is 0 Å². The zero-order valence-electron chi connectivity index (χ0n) is 21.3. The fraction of sp³-hybridized carbons (Fsp3) is 0.207. The second-order valence-corrected chi connectivity index (χ2v) is 8.76. The van der Waals surface area contributed by atoms with Gasteiger partial charge in [-0.15, -0.1) is 0 Å². The van der Waals surface area contributed by atoms with Gasteiger partial charge < -0.3 is 30.2 Å². The largest absolute Gasteiger partial charge is 0.497 e. The number of fused-ring (bicyclic) bond motifs is 1. The van der Waals surface area contributed by atoms with Crippen molar-refractivity contribution in [2.24, 2.45) is 0 Å². The SMILES string of the molecule is COc1cccc(Oc2ccc(Nc3ncnc4cc(OC)c(NC(=O)C=C5CCNCC5)cc34)cc2)c1. The Hall–Kier alpha value is -4.63. The molecule has 0 unspecified atom stereocenters. The molecule has 1 aliphatic heterocycles. The monoisotopic (exact) mass is 511 g/mol. The molecule has 4 aromatic rings. The molecule has 9 heteroatoms. The quantitative estimate of drug-likeness (QED) is 0.269. The topological polar surface area (TPSA) is 107 Å². The molecule has 9 nitrogen and oxygen atoms in total.